The van der Waals surface area contributed by atoms with E-state index >= 15 is 0 Å². The number of nitrogens with zero attached hydrogens (tertiary/aromatic N) is 3. The Labute approximate surface area is 127 Å². The van der Waals surface area contributed by atoms with Crippen molar-refractivity contribution in [3.8, 4) is 5.69 Å². The summed E-state index contributed by atoms with van der Waals surface area (Å²) in [6.07, 6.45) is 3.71. The van der Waals surface area contributed by atoms with Crippen LogP contribution in [0.1, 0.15) is 28.9 Å². The van der Waals surface area contributed by atoms with Crippen LogP contribution in [0.2, 0.25) is 5.02 Å². The van der Waals surface area contributed by atoms with Crippen molar-refractivity contribution in [1.82, 2.24) is 14.7 Å². The van der Waals surface area contributed by atoms with Gasteiger partial charge < -0.3 is 5.11 Å². The van der Waals surface area contributed by atoms with Crippen molar-refractivity contribution in [3.05, 3.63) is 46.7 Å². The third-order valence-corrected chi connectivity index (χ3v) is 4.07. The van der Waals surface area contributed by atoms with Gasteiger partial charge in [0.15, 0.2) is 0 Å². The Morgan fingerprint density at radius 1 is 1.29 bits per heavy atom. The summed E-state index contributed by atoms with van der Waals surface area (Å²) in [5.74, 6) is -0.956. The van der Waals surface area contributed by atoms with Crippen molar-refractivity contribution in [2.24, 2.45) is 0 Å². The fraction of sp³-hybridized carbons (Fsp3) is 0.333. The summed E-state index contributed by atoms with van der Waals surface area (Å²) in [4.78, 5) is 13.7. The maximum absolute atomic E-state index is 11.4. The standard InChI is InChI=1S/C15H16ClN3O2/c16-12-5-1-2-6-13(12)19-14(10-18-7-3-4-8-18)11(9-17-19)15(20)21/h1-2,5-6,9H,3-4,7-8,10H2,(H,20,21). The molecule has 1 saturated heterocycles. The molecule has 21 heavy (non-hydrogen) atoms. The predicted molar refractivity (Wildman–Crippen MR) is 80.0 cm³/mol. The van der Waals surface area contributed by atoms with Crippen molar-refractivity contribution in [2.75, 3.05) is 13.1 Å². The number of hydrogen-bond acceptors (Lipinski definition) is 3. The number of rotatable bonds is 4. The second-order valence-corrected chi connectivity index (χ2v) is 5.56. The first-order chi connectivity index (χ1) is 10.2. The van der Waals surface area contributed by atoms with Crippen LogP contribution >= 0.6 is 11.6 Å². The molecule has 1 aromatic carbocycles. The molecule has 6 heteroatoms. The fourth-order valence-electron chi connectivity index (χ4n) is 2.69. The largest absolute Gasteiger partial charge is 0.478 e. The van der Waals surface area contributed by atoms with E-state index in [1.165, 1.54) is 6.20 Å². The molecule has 0 amide bonds. The smallest absolute Gasteiger partial charge is 0.339 e. The van der Waals surface area contributed by atoms with Gasteiger partial charge in [-0.15, -0.1) is 0 Å². The van der Waals surface area contributed by atoms with E-state index in [0.29, 0.717) is 22.9 Å². The summed E-state index contributed by atoms with van der Waals surface area (Å²) in [6.45, 7) is 2.56. The van der Waals surface area contributed by atoms with Crippen LogP contribution in [0.4, 0.5) is 0 Å². The van der Waals surface area contributed by atoms with E-state index < -0.39 is 5.97 Å². The lowest BCUT2D eigenvalue weighted by molar-refractivity contribution is 0.0694. The van der Waals surface area contributed by atoms with Crippen molar-refractivity contribution < 1.29 is 9.90 Å². The van der Waals surface area contributed by atoms with Crippen LogP contribution < -0.4 is 0 Å². The Bertz CT molecular complexity index is 663. The second-order valence-electron chi connectivity index (χ2n) is 5.16. The number of para-hydroxylation sites is 1. The van der Waals surface area contributed by atoms with Crippen molar-refractivity contribution in [3.63, 3.8) is 0 Å². The summed E-state index contributed by atoms with van der Waals surface area (Å²) in [6, 6.07) is 7.32. The number of carbonyl (C=O) groups is 1. The summed E-state index contributed by atoms with van der Waals surface area (Å²) >= 11 is 6.21. The monoisotopic (exact) mass is 305 g/mol. The maximum Gasteiger partial charge on any atom is 0.339 e. The number of benzene rings is 1. The first kappa shape index (κ1) is 14.1. The van der Waals surface area contributed by atoms with Gasteiger partial charge in [0.2, 0.25) is 0 Å². The van der Waals surface area contributed by atoms with Crippen LogP contribution in [0.25, 0.3) is 5.69 Å². The number of halogens is 1. The van der Waals surface area contributed by atoms with E-state index in [4.69, 9.17) is 11.6 Å². The molecule has 0 unspecified atom stereocenters. The van der Waals surface area contributed by atoms with Gasteiger partial charge in [0.25, 0.3) is 0 Å². The molecule has 110 valence electrons. The maximum atomic E-state index is 11.4. The van der Waals surface area contributed by atoms with E-state index in [0.717, 1.165) is 25.9 Å². The molecule has 0 saturated carbocycles. The fourth-order valence-corrected chi connectivity index (χ4v) is 2.90. The van der Waals surface area contributed by atoms with Crippen LogP contribution in [-0.4, -0.2) is 38.8 Å². The molecule has 0 aliphatic carbocycles. The van der Waals surface area contributed by atoms with E-state index in [2.05, 4.69) is 10.00 Å². The highest BCUT2D eigenvalue weighted by atomic mass is 35.5. The van der Waals surface area contributed by atoms with Gasteiger partial charge in [-0.1, -0.05) is 23.7 Å². The molecule has 2 aromatic rings. The number of carboxylic acid groups (broad SMARTS) is 1. The van der Waals surface area contributed by atoms with Gasteiger partial charge in [-0.25, -0.2) is 9.48 Å². The molecule has 0 bridgehead atoms. The first-order valence-corrected chi connectivity index (χ1v) is 7.32. The molecule has 0 radical (unpaired) electrons. The van der Waals surface area contributed by atoms with Crippen molar-refractivity contribution in [2.45, 2.75) is 19.4 Å². The van der Waals surface area contributed by atoms with E-state index in [1.807, 2.05) is 18.2 Å². The van der Waals surface area contributed by atoms with Crippen LogP contribution in [0, 0.1) is 0 Å². The molecule has 1 aromatic heterocycles. The molecule has 1 fully saturated rings. The van der Waals surface area contributed by atoms with E-state index in [-0.39, 0.29) is 5.56 Å². The lowest BCUT2D eigenvalue weighted by atomic mass is 10.2. The van der Waals surface area contributed by atoms with Crippen molar-refractivity contribution >= 4 is 17.6 Å². The van der Waals surface area contributed by atoms with Crippen LogP contribution in [0.3, 0.4) is 0 Å². The van der Waals surface area contributed by atoms with Crippen LogP contribution in [0.5, 0.6) is 0 Å². The zero-order chi connectivity index (χ0) is 14.8. The minimum absolute atomic E-state index is 0.238. The molecule has 2 heterocycles. The van der Waals surface area contributed by atoms with Gasteiger partial charge in [0.1, 0.15) is 5.56 Å². The van der Waals surface area contributed by atoms with Crippen molar-refractivity contribution in [1.29, 1.82) is 0 Å². The topological polar surface area (TPSA) is 58.4 Å². The van der Waals surface area contributed by atoms with Crippen LogP contribution in [0.15, 0.2) is 30.5 Å². The van der Waals surface area contributed by atoms with Crippen LogP contribution in [-0.2, 0) is 6.54 Å². The summed E-state index contributed by atoms with van der Waals surface area (Å²) in [7, 11) is 0. The lowest BCUT2D eigenvalue weighted by Crippen LogP contribution is -2.22. The molecule has 1 aliphatic heterocycles. The lowest BCUT2D eigenvalue weighted by Gasteiger charge is -2.17. The Morgan fingerprint density at radius 3 is 2.67 bits per heavy atom. The summed E-state index contributed by atoms with van der Waals surface area (Å²) < 4.78 is 1.64. The molecule has 1 N–H and O–H groups in total. The SMILES string of the molecule is O=C(O)c1cnn(-c2ccccc2Cl)c1CN1CCCC1. The third-order valence-electron chi connectivity index (χ3n) is 3.75. The highest BCUT2D eigenvalue weighted by Crippen LogP contribution is 2.24. The highest BCUT2D eigenvalue weighted by Gasteiger charge is 2.22. The van der Waals surface area contributed by atoms with Gasteiger partial charge in [-0.05, 0) is 38.1 Å². The Hall–Kier alpha value is -1.85. The Morgan fingerprint density at radius 2 is 2.00 bits per heavy atom. The number of carboxylic acids is 1. The van der Waals surface area contributed by atoms with Gasteiger partial charge in [0.05, 0.1) is 22.6 Å². The average Bonchev–Trinajstić information content (AvgIpc) is 3.10. The quantitative estimate of drug-likeness (QED) is 0.943. The molecule has 1 aliphatic rings. The Balaban J connectivity index is 2.04. The molecular weight excluding hydrogens is 290 g/mol. The molecule has 0 spiro atoms. The van der Waals surface area contributed by atoms with Gasteiger partial charge in [-0.3, -0.25) is 4.90 Å². The zero-order valence-corrected chi connectivity index (χ0v) is 12.3. The molecule has 0 atom stereocenters. The normalized spacial score (nSPS) is 15.5. The van der Waals surface area contributed by atoms with E-state index in [9.17, 15) is 9.90 Å². The van der Waals surface area contributed by atoms with Gasteiger partial charge in [0, 0.05) is 6.54 Å². The minimum atomic E-state index is -0.956. The van der Waals surface area contributed by atoms with Gasteiger partial charge >= 0.3 is 5.97 Å². The minimum Gasteiger partial charge on any atom is -0.478 e. The van der Waals surface area contributed by atoms with Gasteiger partial charge in [-0.2, -0.15) is 5.10 Å². The molecular formula is C15H16ClN3O2. The summed E-state index contributed by atoms with van der Waals surface area (Å²) in [5, 5.41) is 14.2. The number of likely N-dealkylation sites (tertiary alicyclic amines) is 1. The number of aromatic carboxylic acids is 1. The second kappa shape index (κ2) is 5.87. The average molecular weight is 306 g/mol. The Kier molecular flexibility index (Phi) is 3.94. The zero-order valence-electron chi connectivity index (χ0n) is 11.5. The highest BCUT2D eigenvalue weighted by molar-refractivity contribution is 6.32. The number of hydrogen-bond donors (Lipinski definition) is 1. The summed E-state index contributed by atoms with van der Waals surface area (Å²) in [5.41, 5.74) is 1.63. The third kappa shape index (κ3) is 2.80. The predicted octanol–water partition coefficient (Wildman–Crippen LogP) is 2.82. The molecule has 5 nitrogen and oxygen atoms in total. The number of aromatic nitrogens is 2. The molecule has 3 rings (SSSR count). The van der Waals surface area contributed by atoms with E-state index in [1.54, 1.807) is 10.7 Å². The first-order valence-electron chi connectivity index (χ1n) is 6.94.